The minimum Gasteiger partial charge on any atom is -0.507 e. The highest BCUT2D eigenvalue weighted by molar-refractivity contribution is 7.89. The number of fused-ring (bicyclic) bond motifs is 2. The van der Waals surface area contributed by atoms with E-state index < -0.39 is 38.9 Å². The molecule has 0 aromatic heterocycles. The first-order valence-electron chi connectivity index (χ1n) is 13.6. The molecule has 0 bridgehead atoms. The maximum absolute atomic E-state index is 14.4. The van der Waals surface area contributed by atoms with Crippen molar-refractivity contribution < 1.29 is 32.6 Å². The molecule has 2 amide bonds. The molecule has 0 unspecified atom stereocenters. The molecule has 2 fully saturated rings. The summed E-state index contributed by atoms with van der Waals surface area (Å²) in [6.45, 7) is 3.82. The summed E-state index contributed by atoms with van der Waals surface area (Å²) in [6.07, 6.45) is 0.639. The van der Waals surface area contributed by atoms with Crippen LogP contribution in [0.15, 0.2) is 59.0 Å². The highest BCUT2D eigenvalue weighted by Crippen LogP contribution is 2.53. The van der Waals surface area contributed by atoms with Gasteiger partial charge in [0.15, 0.2) is 5.54 Å². The van der Waals surface area contributed by atoms with Gasteiger partial charge in [-0.1, -0.05) is 25.1 Å². The van der Waals surface area contributed by atoms with Crippen molar-refractivity contribution in [3.05, 3.63) is 65.2 Å². The van der Waals surface area contributed by atoms with E-state index in [-0.39, 0.29) is 35.7 Å². The number of likely N-dealkylation sites (tertiary alicyclic amines) is 1. The van der Waals surface area contributed by atoms with Gasteiger partial charge < -0.3 is 24.5 Å². The topological polar surface area (TPSA) is 128 Å². The van der Waals surface area contributed by atoms with Crippen molar-refractivity contribution in [2.45, 2.75) is 23.8 Å². The molecular formula is C29H34N4O7S. The van der Waals surface area contributed by atoms with Crippen molar-refractivity contribution in [2.24, 2.45) is 0 Å². The number of para-hydroxylation sites is 1. The zero-order valence-corrected chi connectivity index (χ0v) is 24.2. The first kappa shape index (κ1) is 28.9. The van der Waals surface area contributed by atoms with Crippen LogP contribution in [-0.2, 0) is 34.7 Å². The summed E-state index contributed by atoms with van der Waals surface area (Å²) in [5, 5.41) is 11.7. The Bertz CT molecular complexity index is 1510. The molecule has 41 heavy (non-hydrogen) atoms. The maximum atomic E-state index is 14.4. The van der Waals surface area contributed by atoms with Gasteiger partial charge in [-0.25, -0.2) is 8.42 Å². The lowest BCUT2D eigenvalue weighted by Gasteiger charge is -2.35. The molecule has 11 nitrogen and oxygen atoms in total. The first-order valence-corrected chi connectivity index (χ1v) is 15.0. The van der Waals surface area contributed by atoms with E-state index in [1.54, 1.807) is 29.2 Å². The molecule has 2 aromatic carbocycles. The number of sulfonamides is 1. The second-order valence-corrected chi connectivity index (χ2v) is 12.5. The summed E-state index contributed by atoms with van der Waals surface area (Å²) in [4.78, 5) is 46.3. The normalized spacial score (nSPS) is 22.8. The number of nitrogens with zero attached hydrogens (tertiary/aromatic N) is 4. The Morgan fingerprint density at radius 1 is 1.00 bits per heavy atom. The zero-order chi connectivity index (χ0) is 29.5. The first-order chi connectivity index (χ1) is 19.6. The molecule has 12 heteroatoms. The fraction of sp³-hybridized carbons (Fsp3) is 0.414. The predicted molar refractivity (Wildman–Crippen MR) is 152 cm³/mol. The van der Waals surface area contributed by atoms with Gasteiger partial charge in [-0.2, -0.15) is 4.31 Å². The van der Waals surface area contributed by atoms with Crippen LogP contribution >= 0.6 is 0 Å². The molecule has 5 rings (SSSR count). The van der Waals surface area contributed by atoms with Crippen LogP contribution in [-0.4, -0.2) is 105 Å². The third-order valence-electron chi connectivity index (χ3n) is 7.76. The minimum atomic E-state index is -3.79. The molecule has 0 saturated carbocycles. The number of morpholine rings is 1. The minimum absolute atomic E-state index is 0.0218. The number of ketones is 1. The number of carbonyl (C=O) groups is 3. The highest BCUT2D eigenvalue weighted by atomic mass is 32.2. The summed E-state index contributed by atoms with van der Waals surface area (Å²) in [5.74, 6) is -2.85. The summed E-state index contributed by atoms with van der Waals surface area (Å²) in [7, 11) is -0.145. The highest BCUT2D eigenvalue weighted by Gasteiger charge is 2.66. The van der Waals surface area contributed by atoms with Gasteiger partial charge in [0.2, 0.25) is 10.0 Å². The van der Waals surface area contributed by atoms with E-state index in [0.29, 0.717) is 44.0 Å². The van der Waals surface area contributed by atoms with Crippen LogP contribution < -0.4 is 4.90 Å². The standard InChI is InChI=1S/C29H34N4O7S/c1-4-13-32-23-8-6-5-7-22(23)29(28(32)37)24(26(35)27(36)33(29)15-14-30(2)3)25(34)20-9-11-21(12-10-20)41(38,39)31-16-18-40-19-17-31/h5-12,34H,4,13-19H2,1-3H3/t29-/m0/s1. The fourth-order valence-electron chi connectivity index (χ4n) is 5.78. The molecule has 0 radical (unpaired) electrons. The summed E-state index contributed by atoms with van der Waals surface area (Å²) in [5.41, 5.74) is -1.02. The van der Waals surface area contributed by atoms with E-state index in [9.17, 15) is 27.9 Å². The van der Waals surface area contributed by atoms with Crippen molar-refractivity contribution in [2.75, 3.05) is 64.9 Å². The van der Waals surface area contributed by atoms with E-state index in [1.807, 2.05) is 25.9 Å². The van der Waals surface area contributed by atoms with Crippen LogP contribution in [0.4, 0.5) is 5.69 Å². The number of aliphatic hydroxyl groups excluding tert-OH is 1. The second kappa shape index (κ2) is 11.0. The summed E-state index contributed by atoms with van der Waals surface area (Å²) >= 11 is 0. The van der Waals surface area contributed by atoms with Gasteiger partial charge in [-0.05, 0) is 50.8 Å². The van der Waals surface area contributed by atoms with Crippen LogP contribution in [0.25, 0.3) is 5.76 Å². The fourth-order valence-corrected chi connectivity index (χ4v) is 7.19. The van der Waals surface area contributed by atoms with E-state index in [1.165, 1.54) is 33.5 Å². The zero-order valence-electron chi connectivity index (χ0n) is 23.4. The van der Waals surface area contributed by atoms with Crippen molar-refractivity contribution >= 4 is 39.1 Å². The van der Waals surface area contributed by atoms with E-state index in [0.717, 1.165) is 0 Å². The average Bonchev–Trinajstić information content (AvgIpc) is 3.35. The molecule has 1 atom stereocenters. The third-order valence-corrected chi connectivity index (χ3v) is 9.68. The van der Waals surface area contributed by atoms with Crippen LogP contribution in [0.2, 0.25) is 0 Å². The Morgan fingerprint density at radius 2 is 1.66 bits per heavy atom. The molecule has 3 aliphatic heterocycles. The Morgan fingerprint density at radius 3 is 2.29 bits per heavy atom. The number of rotatable bonds is 8. The number of likely N-dealkylation sites (N-methyl/N-ethyl adjacent to an activating group) is 1. The molecule has 2 aromatic rings. The number of benzene rings is 2. The van der Waals surface area contributed by atoms with Crippen molar-refractivity contribution in [1.82, 2.24) is 14.1 Å². The molecule has 3 aliphatic rings. The summed E-state index contributed by atoms with van der Waals surface area (Å²) < 4.78 is 32.8. The monoisotopic (exact) mass is 582 g/mol. The van der Waals surface area contributed by atoms with E-state index in [2.05, 4.69) is 0 Å². The van der Waals surface area contributed by atoms with Crippen molar-refractivity contribution in [3.8, 4) is 0 Å². The molecule has 0 aliphatic carbocycles. The predicted octanol–water partition coefficient (Wildman–Crippen LogP) is 1.60. The van der Waals surface area contributed by atoms with Gasteiger partial charge in [0.1, 0.15) is 5.76 Å². The van der Waals surface area contributed by atoms with Crippen LogP contribution in [0.5, 0.6) is 0 Å². The third kappa shape index (κ3) is 4.55. The van der Waals surface area contributed by atoms with Gasteiger partial charge in [0.25, 0.3) is 17.6 Å². The van der Waals surface area contributed by atoms with Gasteiger partial charge in [-0.15, -0.1) is 0 Å². The lowest BCUT2D eigenvalue weighted by molar-refractivity contribution is -0.143. The number of carbonyl (C=O) groups excluding carboxylic acids is 3. The Kier molecular flexibility index (Phi) is 7.77. The van der Waals surface area contributed by atoms with Crippen LogP contribution in [0, 0.1) is 0 Å². The lowest BCUT2D eigenvalue weighted by Crippen LogP contribution is -2.53. The van der Waals surface area contributed by atoms with Gasteiger partial charge in [0.05, 0.1) is 29.4 Å². The molecule has 1 N–H and O–H groups in total. The summed E-state index contributed by atoms with van der Waals surface area (Å²) in [6, 6.07) is 12.5. The van der Waals surface area contributed by atoms with Crippen molar-refractivity contribution in [3.63, 3.8) is 0 Å². The van der Waals surface area contributed by atoms with Crippen LogP contribution in [0.1, 0.15) is 24.5 Å². The largest absolute Gasteiger partial charge is 0.507 e. The van der Waals surface area contributed by atoms with Gasteiger partial charge in [-0.3, -0.25) is 14.4 Å². The molecular weight excluding hydrogens is 548 g/mol. The Hall–Kier alpha value is -3.58. The molecule has 3 heterocycles. The van der Waals surface area contributed by atoms with Crippen molar-refractivity contribution in [1.29, 1.82) is 0 Å². The number of ether oxygens (including phenoxy) is 1. The number of aliphatic hydroxyl groups is 1. The average molecular weight is 583 g/mol. The lowest BCUT2D eigenvalue weighted by atomic mass is 9.82. The molecule has 2 saturated heterocycles. The van der Waals surface area contributed by atoms with E-state index in [4.69, 9.17) is 4.74 Å². The number of Topliss-reactive ketones (excluding diaryl/α,β-unsaturated/α-hetero) is 1. The maximum Gasteiger partial charge on any atom is 0.296 e. The second-order valence-electron chi connectivity index (χ2n) is 10.5. The van der Waals surface area contributed by atoms with E-state index >= 15 is 0 Å². The molecule has 218 valence electrons. The number of hydrogen-bond acceptors (Lipinski definition) is 8. The number of anilines is 1. The quantitative estimate of drug-likeness (QED) is 0.283. The Labute approximate surface area is 239 Å². The number of amides is 2. The Balaban J connectivity index is 1.67. The molecule has 1 spiro atoms. The van der Waals surface area contributed by atoms with Gasteiger partial charge in [0, 0.05) is 43.9 Å². The number of hydrogen-bond donors (Lipinski definition) is 1. The smallest absolute Gasteiger partial charge is 0.296 e. The van der Waals surface area contributed by atoms with Crippen LogP contribution in [0.3, 0.4) is 0 Å². The SMILES string of the molecule is CCCN1C(=O)[C@@]2(C(=C(O)c3ccc(S(=O)(=O)N4CCOCC4)cc3)C(=O)C(=O)N2CCN(C)C)c2ccccc21. The van der Waals surface area contributed by atoms with Gasteiger partial charge >= 0.3 is 0 Å².